The highest BCUT2D eigenvalue weighted by molar-refractivity contribution is 5.96. The maximum Gasteiger partial charge on any atom is 0.241 e. The van der Waals surface area contributed by atoms with Gasteiger partial charge in [0.15, 0.2) is 0 Å². The Morgan fingerprint density at radius 1 is 1.41 bits per heavy atom. The average Bonchev–Trinajstić information content (AvgIpc) is 2.99. The summed E-state index contributed by atoms with van der Waals surface area (Å²) in [7, 11) is 0. The largest absolute Gasteiger partial charge is 0.464 e. The molecule has 0 radical (unpaired) electrons. The highest BCUT2D eigenvalue weighted by Crippen LogP contribution is 2.20. The molecule has 4 nitrogen and oxygen atoms in total. The number of amides is 1. The van der Waals surface area contributed by atoms with E-state index in [0.717, 1.165) is 36.0 Å². The maximum atomic E-state index is 11.9. The van der Waals surface area contributed by atoms with Crippen LogP contribution in [0.1, 0.15) is 12.8 Å². The Hall–Kier alpha value is -1.81. The van der Waals surface area contributed by atoms with Crippen molar-refractivity contribution in [2.24, 2.45) is 0 Å². The third-order valence-electron chi connectivity index (χ3n) is 3.10. The molecule has 88 valence electrons. The topological polar surface area (TPSA) is 54.3 Å². The van der Waals surface area contributed by atoms with E-state index in [1.54, 1.807) is 6.26 Å². The van der Waals surface area contributed by atoms with E-state index in [1.165, 1.54) is 0 Å². The van der Waals surface area contributed by atoms with Crippen molar-refractivity contribution >= 4 is 22.6 Å². The minimum absolute atomic E-state index is 0.0463. The monoisotopic (exact) mass is 230 g/mol. The van der Waals surface area contributed by atoms with Crippen LogP contribution in [0.4, 0.5) is 5.69 Å². The van der Waals surface area contributed by atoms with Gasteiger partial charge in [0.05, 0.1) is 12.3 Å². The zero-order valence-corrected chi connectivity index (χ0v) is 9.40. The van der Waals surface area contributed by atoms with Gasteiger partial charge in [0, 0.05) is 11.1 Å². The molecule has 1 aliphatic rings. The fourth-order valence-electron chi connectivity index (χ4n) is 2.18. The van der Waals surface area contributed by atoms with Gasteiger partial charge >= 0.3 is 0 Å². The van der Waals surface area contributed by atoms with Gasteiger partial charge in [-0.25, -0.2) is 0 Å². The molecule has 1 aromatic carbocycles. The number of carbonyl (C=O) groups excluding carboxylic acids is 1. The van der Waals surface area contributed by atoms with Crippen LogP contribution in [0.25, 0.3) is 11.0 Å². The van der Waals surface area contributed by atoms with Crippen LogP contribution in [0, 0.1) is 0 Å². The molecule has 4 heteroatoms. The predicted molar refractivity (Wildman–Crippen MR) is 65.9 cm³/mol. The van der Waals surface area contributed by atoms with Crippen LogP contribution in [0.2, 0.25) is 0 Å². The van der Waals surface area contributed by atoms with Gasteiger partial charge in [-0.3, -0.25) is 4.79 Å². The first-order valence-corrected chi connectivity index (χ1v) is 5.84. The number of hydrogen-bond donors (Lipinski definition) is 2. The van der Waals surface area contributed by atoms with E-state index < -0.39 is 0 Å². The third-order valence-corrected chi connectivity index (χ3v) is 3.10. The lowest BCUT2D eigenvalue weighted by Gasteiger charge is -2.10. The van der Waals surface area contributed by atoms with Crippen molar-refractivity contribution < 1.29 is 9.21 Å². The van der Waals surface area contributed by atoms with Gasteiger partial charge in [-0.1, -0.05) is 0 Å². The standard InChI is InChI=1S/C13H14N2O2/c16-13(11-2-1-6-14-11)15-10-3-4-12-9(8-10)5-7-17-12/h3-5,7-8,11,14H,1-2,6H2,(H,15,16)/t11-/m0/s1. The summed E-state index contributed by atoms with van der Waals surface area (Å²) >= 11 is 0. The van der Waals surface area contributed by atoms with Crippen LogP contribution in [0.3, 0.4) is 0 Å². The Morgan fingerprint density at radius 2 is 2.35 bits per heavy atom. The van der Waals surface area contributed by atoms with E-state index >= 15 is 0 Å². The Balaban J connectivity index is 1.77. The third kappa shape index (κ3) is 2.03. The second-order valence-electron chi connectivity index (χ2n) is 4.31. The zero-order chi connectivity index (χ0) is 11.7. The molecule has 1 amide bonds. The fraction of sp³-hybridized carbons (Fsp3) is 0.308. The fourth-order valence-corrected chi connectivity index (χ4v) is 2.18. The van der Waals surface area contributed by atoms with Crippen molar-refractivity contribution in [1.29, 1.82) is 0 Å². The van der Waals surface area contributed by atoms with Crippen molar-refractivity contribution in [3.63, 3.8) is 0 Å². The van der Waals surface area contributed by atoms with Gasteiger partial charge < -0.3 is 15.1 Å². The number of nitrogens with one attached hydrogen (secondary N) is 2. The van der Waals surface area contributed by atoms with Crippen LogP contribution >= 0.6 is 0 Å². The Morgan fingerprint density at radius 3 is 3.18 bits per heavy atom. The second kappa shape index (κ2) is 4.22. The predicted octanol–water partition coefficient (Wildman–Crippen LogP) is 2.12. The summed E-state index contributed by atoms with van der Waals surface area (Å²) in [5, 5.41) is 7.10. The van der Waals surface area contributed by atoms with E-state index in [1.807, 2.05) is 24.3 Å². The summed E-state index contributed by atoms with van der Waals surface area (Å²) < 4.78 is 5.25. The Labute approximate surface area is 99.0 Å². The van der Waals surface area contributed by atoms with Crippen molar-refractivity contribution in [2.45, 2.75) is 18.9 Å². The summed E-state index contributed by atoms with van der Waals surface area (Å²) in [6.07, 6.45) is 3.63. The highest BCUT2D eigenvalue weighted by atomic mass is 16.3. The zero-order valence-electron chi connectivity index (χ0n) is 9.40. The maximum absolute atomic E-state index is 11.9. The van der Waals surface area contributed by atoms with Gasteiger partial charge in [-0.2, -0.15) is 0 Å². The number of carbonyl (C=O) groups is 1. The van der Waals surface area contributed by atoms with Crippen LogP contribution in [0.15, 0.2) is 34.9 Å². The van der Waals surface area contributed by atoms with E-state index in [4.69, 9.17) is 4.42 Å². The van der Waals surface area contributed by atoms with E-state index in [9.17, 15) is 4.79 Å². The average molecular weight is 230 g/mol. The molecule has 1 saturated heterocycles. The molecular weight excluding hydrogens is 216 g/mol. The molecule has 0 aliphatic carbocycles. The molecule has 2 N–H and O–H groups in total. The van der Waals surface area contributed by atoms with E-state index in [-0.39, 0.29) is 11.9 Å². The molecule has 1 aliphatic heterocycles. The van der Waals surface area contributed by atoms with Gasteiger partial charge in [0.2, 0.25) is 5.91 Å². The van der Waals surface area contributed by atoms with E-state index in [2.05, 4.69) is 10.6 Å². The Kier molecular flexibility index (Phi) is 2.57. The lowest BCUT2D eigenvalue weighted by molar-refractivity contribution is -0.117. The van der Waals surface area contributed by atoms with Gasteiger partial charge in [0.1, 0.15) is 5.58 Å². The molecule has 1 atom stereocenters. The SMILES string of the molecule is O=C(Nc1ccc2occc2c1)[C@@H]1CCCN1. The molecule has 0 unspecified atom stereocenters. The smallest absolute Gasteiger partial charge is 0.241 e. The van der Waals surface area contributed by atoms with Crippen LogP contribution in [-0.2, 0) is 4.79 Å². The summed E-state index contributed by atoms with van der Waals surface area (Å²) in [5.74, 6) is 0.0466. The number of anilines is 1. The lowest BCUT2D eigenvalue weighted by Crippen LogP contribution is -2.35. The minimum atomic E-state index is -0.0463. The minimum Gasteiger partial charge on any atom is -0.464 e. The van der Waals surface area contributed by atoms with Crippen molar-refractivity contribution in [3.8, 4) is 0 Å². The summed E-state index contributed by atoms with van der Waals surface area (Å²) in [4.78, 5) is 11.9. The lowest BCUT2D eigenvalue weighted by atomic mass is 10.2. The van der Waals surface area contributed by atoms with Gasteiger partial charge in [-0.05, 0) is 43.7 Å². The molecule has 1 aromatic heterocycles. The quantitative estimate of drug-likeness (QED) is 0.831. The van der Waals surface area contributed by atoms with Crippen molar-refractivity contribution in [2.75, 3.05) is 11.9 Å². The van der Waals surface area contributed by atoms with E-state index in [0.29, 0.717) is 0 Å². The van der Waals surface area contributed by atoms with Gasteiger partial charge in [0.25, 0.3) is 0 Å². The Bertz CT molecular complexity index is 541. The molecular formula is C13H14N2O2. The number of benzene rings is 1. The number of hydrogen-bond acceptors (Lipinski definition) is 3. The molecule has 2 heterocycles. The highest BCUT2D eigenvalue weighted by Gasteiger charge is 2.21. The molecule has 17 heavy (non-hydrogen) atoms. The first-order chi connectivity index (χ1) is 8.33. The van der Waals surface area contributed by atoms with Crippen LogP contribution < -0.4 is 10.6 Å². The summed E-state index contributed by atoms with van der Waals surface area (Å²) in [6.45, 7) is 0.929. The molecule has 0 saturated carbocycles. The molecule has 0 bridgehead atoms. The molecule has 2 aromatic rings. The number of fused-ring (bicyclic) bond motifs is 1. The van der Waals surface area contributed by atoms with Gasteiger partial charge in [-0.15, -0.1) is 0 Å². The second-order valence-corrected chi connectivity index (χ2v) is 4.31. The number of rotatable bonds is 2. The van der Waals surface area contributed by atoms with Crippen molar-refractivity contribution in [1.82, 2.24) is 5.32 Å². The molecule has 0 spiro atoms. The number of furan rings is 1. The van der Waals surface area contributed by atoms with Crippen LogP contribution in [-0.4, -0.2) is 18.5 Å². The first kappa shape index (κ1) is 10.4. The van der Waals surface area contributed by atoms with Crippen molar-refractivity contribution in [3.05, 3.63) is 30.5 Å². The molecule has 3 rings (SSSR count). The normalized spacial score (nSPS) is 19.6. The van der Waals surface area contributed by atoms with Crippen LogP contribution in [0.5, 0.6) is 0 Å². The summed E-state index contributed by atoms with van der Waals surface area (Å²) in [5.41, 5.74) is 1.65. The first-order valence-electron chi connectivity index (χ1n) is 5.84. The molecule has 1 fully saturated rings. The summed E-state index contributed by atoms with van der Waals surface area (Å²) in [6, 6.07) is 7.49.